The predicted molar refractivity (Wildman–Crippen MR) is 75.9 cm³/mol. The van der Waals surface area contributed by atoms with Gasteiger partial charge in [-0.3, -0.25) is 0 Å². The molecule has 20 heavy (non-hydrogen) atoms. The maximum Gasteiger partial charge on any atom is 0.173 e. The molecule has 2 nitrogen and oxygen atoms in total. The Morgan fingerprint density at radius 2 is 1.85 bits per heavy atom. The number of hydrogen-bond donors (Lipinski definition) is 1. The Bertz CT molecular complexity index is 644. The van der Waals surface area contributed by atoms with Gasteiger partial charge in [0.15, 0.2) is 11.6 Å². The normalized spacial score (nSPS) is 12.3. The molecule has 0 spiro atoms. The van der Waals surface area contributed by atoms with Gasteiger partial charge in [0.25, 0.3) is 0 Å². The van der Waals surface area contributed by atoms with Gasteiger partial charge in [-0.2, -0.15) is 0 Å². The lowest BCUT2D eigenvalue weighted by Crippen LogP contribution is -2.05. The van der Waals surface area contributed by atoms with Crippen molar-refractivity contribution < 1.29 is 18.6 Å². The highest BCUT2D eigenvalue weighted by molar-refractivity contribution is 9.10. The number of ether oxygens (including phenoxy) is 1. The minimum atomic E-state index is -1.12. The highest BCUT2D eigenvalue weighted by Gasteiger charge is 2.21. The van der Waals surface area contributed by atoms with E-state index in [0.29, 0.717) is 11.3 Å². The molecule has 0 heterocycles. The summed E-state index contributed by atoms with van der Waals surface area (Å²) < 4.78 is 31.8. The van der Waals surface area contributed by atoms with Crippen LogP contribution in [0.2, 0.25) is 0 Å². The van der Waals surface area contributed by atoms with Crippen molar-refractivity contribution in [2.75, 3.05) is 7.11 Å². The first-order valence-corrected chi connectivity index (χ1v) is 6.71. The first kappa shape index (κ1) is 14.9. The van der Waals surface area contributed by atoms with E-state index in [4.69, 9.17) is 4.74 Å². The molecule has 2 aromatic rings. The summed E-state index contributed by atoms with van der Waals surface area (Å²) in [6.07, 6.45) is -1.12. The average molecular weight is 343 g/mol. The van der Waals surface area contributed by atoms with Crippen molar-refractivity contribution in [3.63, 3.8) is 0 Å². The summed E-state index contributed by atoms with van der Waals surface area (Å²) in [5, 5.41) is 10.4. The Morgan fingerprint density at radius 1 is 1.15 bits per heavy atom. The first-order chi connectivity index (χ1) is 9.45. The number of halogens is 3. The van der Waals surface area contributed by atoms with Crippen LogP contribution in [0.25, 0.3) is 0 Å². The van der Waals surface area contributed by atoms with E-state index < -0.39 is 17.7 Å². The maximum atomic E-state index is 13.6. The van der Waals surface area contributed by atoms with Crippen LogP contribution in [0.5, 0.6) is 5.75 Å². The Labute approximate surface area is 124 Å². The van der Waals surface area contributed by atoms with E-state index in [1.807, 2.05) is 13.0 Å². The minimum Gasteiger partial charge on any atom is -0.496 e. The quantitative estimate of drug-likeness (QED) is 0.850. The fraction of sp³-hybridized carbons (Fsp3) is 0.200. The molecule has 2 rings (SSSR count). The van der Waals surface area contributed by atoms with Gasteiger partial charge in [-0.15, -0.1) is 0 Å². The summed E-state index contributed by atoms with van der Waals surface area (Å²) >= 11 is 2.98. The molecule has 0 aliphatic heterocycles. The SMILES string of the molecule is COc1ccc(C)cc1C(O)c1ccc(F)c(F)c1Br. The van der Waals surface area contributed by atoms with Crippen molar-refractivity contribution >= 4 is 15.9 Å². The van der Waals surface area contributed by atoms with Gasteiger partial charge in [-0.1, -0.05) is 17.7 Å². The van der Waals surface area contributed by atoms with Gasteiger partial charge in [-0.05, 0) is 41.1 Å². The molecular formula is C15H13BrF2O2. The van der Waals surface area contributed by atoms with Crippen LogP contribution in [0, 0.1) is 18.6 Å². The smallest absolute Gasteiger partial charge is 0.173 e. The monoisotopic (exact) mass is 342 g/mol. The molecule has 0 aliphatic rings. The van der Waals surface area contributed by atoms with Gasteiger partial charge in [-0.25, -0.2) is 8.78 Å². The van der Waals surface area contributed by atoms with Crippen molar-refractivity contribution in [1.29, 1.82) is 0 Å². The summed E-state index contributed by atoms with van der Waals surface area (Å²) in [6.45, 7) is 1.87. The van der Waals surface area contributed by atoms with Gasteiger partial charge >= 0.3 is 0 Å². The summed E-state index contributed by atoms with van der Waals surface area (Å²) in [5.41, 5.74) is 1.67. The topological polar surface area (TPSA) is 29.5 Å². The molecular weight excluding hydrogens is 330 g/mol. The van der Waals surface area contributed by atoms with E-state index in [9.17, 15) is 13.9 Å². The van der Waals surface area contributed by atoms with Gasteiger partial charge in [0.2, 0.25) is 0 Å². The summed E-state index contributed by atoms with van der Waals surface area (Å²) in [7, 11) is 1.49. The molecule has 0 fully saturated rings. The summed E-state index contributed by atoms with van der Waals surface area (Å²) in [4.78, 5) is 0. The molecule has 2 aromatic carbocycles. The zero-order chi connectivity index (χ0) is 14.9. The van der Waals surface area contributed by atoms with Crippen LogP contribution in [0.15, 0.2) is 34.8 Å². The van der Waals surface area contributed by atoms with Crippen LogP contribution in [-0.4, -0.2) is 12.2 Å². The van der Waals surface area contributed by atoms with Gasteiger partial charge < -0.3 is 9.84 Å². The third kappa shape index (κ3) is 2.69. The summed E-state index contributed by atoms with van der Waals surface area (Å²) in [5.74, 6) is -1.50. The van der Waals surface area contributed by atoms with Crippen LogP contribution >= 0.6 is 15.9 Å². The second kappa shape index (κ2) is 5.89. The summed E-state index contributed by atoms with van der Waals surface area (Å²) in [6, 6.07) is 7.64. The van der Waals surface area contributed by atoms with E-state index >= 15 is 0 Å². The lowest BCUT2D eigenvalue weighted by atomic mass is 9.99. The van der Waals surface area contributed by atoms with Crippen LogP contribution in [0.4, 0.5) is 8.78 Å². The number of aliphatic hydroxyl groups excluding tert-OH is 1. The molecule has 106 valence electrons. The molecule has 1 atom stereocenters. The van der Waals surface area contributed by atoms with Crippen molar-refractivity contribution in [2.24, 2.45) is 0 Å². The first-order valence-electron chi connectivity index (χ1n) is 5.91. The second-order valence-corrected chi connectivity index (χ2v) is 5.21. The van der Waals surface area contributed by atoms with E-state index in [0.717, 1.165) is 11.6 Å². The lowest BCUT2D eigenvalue weighted by molar-refractivity contribution is 0.213. The largest absolute Gasteiger partial charge is 0.496 e. The zero-order valence-electron chi connectivity index (χ0n) is 11.0. The van der Waals surface area contributed by atoms with Crippen molar-refractivity contribution in [3.8, 4) is 5.75 Å². The molecule has 0 aromatic heterocycles. The second-order valence-electron chi connectivity index (χ2n) is 4.41. The Hall–Kier alpha value is -1.46. The van der Waals surface area contributed by atoms with Gasteiger partial charge in [0.1, 0.15) is 11.9 Å². The zero-order valence-corrected chi connectivity index (χ0v) is 12.5. The molecule has 0 saturated heterocycles. The Morgan fingerprint density at radius 3 is 2.50 bits per heavy atom. The van der Waals surface area contributed by atoms with E-state index in [-0.39, 0.29) is 10.0 Å². The lowest BCUT2D eigenvalue weighted by Gasteiger charge is -2.17. The van der Waals surface area contributed by atoms with Gasteiger partial charge in [0.05, 0.1) is 11.6 Å². The number of aliphatic hydroxyl groups is 1. The van der Waals surface area contributed by atoms with Crippen LogP contribution in [0.3, 0.4) is 0 Å². The molecule has 0 radical (unpaired) electrons. The third-order valence-electron chi connectivity index (χ3n) is 3.04. The highest BCUT2D eigenvalue weighted by atomic mass is 79.9. The number of aryl methyl sites for hydroxylation is 1. The molecule has 0 saturated carbocycles. The van der Waals surface area contributed by atoms with Crippen molar-refractivity contribution in [3.05, 3.63) is 63.1 Å². The van der Waals surface area contributed by atoms with E-state index in [1.54, 1.807) is 12.1 Å². The standard InChI is InChI=1S/C15H13BrF2O2/c1-8-3-6-12(20-2)10(7-8)15(19)9-4-5-11(17)14(18)13(9)16/h3-7,15,19H,1-2H3. The fourth-order valence-corrected chi connectivity index (χ4v) is 2.53. The molecule has 1 N–H and O–H groups in total. The number of methoxy groups -OCH3 is 1. The highest BCUT2D eigenvalue weighted by Crippen LogP contribution is 2.35. The Kier molecular flexibility index (Phi) is 4.40. The van der Waals surface area contributed by atoms with Crippen molar-refractivity contribution in [1.82, 2.24) is 0 Å². The van der Waals surface area contributed by atoms with Gasteiger partial charge in [0, 0.05) is 11.1 Å². The number of rotatable bonds is 3. The number of hydrogen-bond acceptors (Lipinski definition) is 2. The minimum absolute atomic E-state index is 0.0893. The molecule has 0 aliphatic carbocycles. The predicted octanol–water partition coefficient (Wildman–Crippen LogP) is 4.13. The molecule has 1 unspecified atom stereocenters. The van der Waals surface area contributed by atoms with Crippen molar-refractivity contribution in [2.45, 2.75) is 13.0 Å². The van der Waals surface area contributed by atoms with Crippen LogP contribution in [-0.2, 0) is 0 Å². The number of benzene rings is 2. The molecule has 5 heteroatoms. The molecule has 0 bridgehead atoms. The fourth-order valence-electron chi connectivity index (χ4n) is 1.99. The van der Waals surface area contributed by atoms with E-state index in [1.165, 1.54) is 13.2 Å². The van der Waals surface area contributed by atoms with Crippen LogP contribution in [0.1, 0.15) is 22.8 Å². The molecule has 0 amide bonds. The maximum absolute atomic E-state index is 13.6. The van der Waals surface area contributed by atoms with Crippen LogP contribution < -0.4 is 4.74 Å². The average Bonchev–Trinajstić information content (AvgIpc) is 2.44. The third-order valence-corrected chi connectivity index (χ3v) is 3.85. The Balaban J connectivity index is 2.54. The van der Waals surface area contributed by atoms with E-state index in [2.05, 4.69) is 15.9 Å².